The maximum Gasteiger partial charge on any atom is 0.325 e. The lowest BCUT2D eigenvalue weighted by Crippen LogP contribution is -2.39. The van der Waals surface area contributed by atoms with Crippen LogP contribution in [0.15, 0.2) is 18.3 Å². The van der Waals surface area contributed by atoms with Crippen molar-refractivity contribution in [2.24, 2.45) is 0 Å². The first kappa shape index (κ1) is 15.9. The molecule has 7 heteroatoms. The first-order valence-electron chi connectivity index (χ1n) is 6.23. The first-order chi connectivity index (χ1) is 9.58. The summed E-state index contributed by atoms with van der Waals surface area (Å²) in [6.45, 7) is 2.44. The Kier molecular flexibility index (Phi) is 6.45. The molecule has 110 valence electrons. The molecule has 2 N–H and O–H groups in total. The standard InChI is InChI=1S/C13H19N3O4/c1-3-20-12(17)9-16(6-7-19-2)13(18)11-5-4-10(14)8-15-11/h4-5,8H,3,6-7,9,14H2,1-2H3. The number of anilines is 1. The summed E-state index contributed by atoms with van der Waals surface area (Å²) >= 11 is 0. The Morgan fingerprint density at radius 1 is 1.40 bits per heavy atom. The molecule has 1 aromatic rings. The van der Waals surface area contributed by atoms with Crippen molar-refractivity contribution in [3.05, 3.63) is 24.0 Å². The van der Waals surface area contributed by atoms with Gasteiger partial charge in [-0.15, -0.1) is 0 Å². The molecule has 0 atom stereocenters. The van der Waals surface area contributed by atoms with Crippen LogP contribution in [0.5, 0.6) is 0 Å². The molecule has 0 aromatic carbocycles. The predicted octanol–water partition coefficient (Wildman–Crippen LogP) is 0.316. The Morgan fingerprint density at radius 3 is 2.70 bits per heavy atom. The Balaban J connectivity index is 2.77. The van der Waals surface area contributed by atoms with Crippen molar-refractivity contribution in [2.45, 2.75) is 6.92 Å². The summed E-state index contributed by atoms with van der Waals surface area (Å²) in [6, 6.07) is 3.10. The number of aromatic nitrogens is 1. The highest BCUT2D eigenvalue weighted by molar-refractivity contribution is 5.94. The summed E-state index contributed by atoms with van der Waals surface area (Å²) in [5, 5.41) is 0. The van der Waals surface area contributed by atoms with E-state index in [-0.39, 0.29) is 31.3 Å². The fraction of sp³-hybridized carbons (Fsp3) is 0.462. The molecule has 0 aliphatic rings. The highest BCUT2D eigenvalue weighted by Crippen LogP contribution is 2.05. The number of carbonyl (C=O) groups is 2. The van der Waals surface area contributed by atoms with Crippen molar-refractivity contribution in [1.29, 1.82) is 0 Å². The van der Waals surface area contributed by atoms with E-state index >= 15 is 0 Å². The van der Waals surface area contributed by atoms with E-state index in [0.29, 0.717) is 12.3 Å². The van der Waals surface area contributed by atoms with Crippen LogP contribution >= 0.6 is 0 Å². The number of pyridine rings is 1. The third kappa shape index (κ3) is 4.85. The number of hydrogen-bond acceptors (Lipinski definition) is 6. The quantitative estimate of drug-likeness (QED) is 0.723. The molecule has 0 aliphatic carbocycles. The third-order valence-corrected chi connectivity index (χ3v) is 2.48. The molecule has 0 fully saturated rings. The zero-order chi connectivity index (χ0) is 15.0. The number of ether oxygens (including phenoxy) is 2. The van der Waals surface area contributed by atoms with Gasteiger partial charge in [0.1, 0.15) is 12.2 Å². The van der Waals surface area contributed by atoms with Crippen LogP contribution in [0.25, 0.3) is 0 Å². The van der Waals surface area contributed by atoms with Gasteiger partial charge in [-0.05, 0) is 19.1 Å². The van der Waals surface area contributed by atoms with Crippen molar-refractivity contribution in [3.63, 3.8) is 0 Å². The fourth-order valence-electron chi connectivity index (χ4n) is 1.51. The average Bonchev–Trinajstić information content (AvgIpc) is 2.44. The lowest BCUT2D eigenvalue weighted by atomic mass is 10.3. The topological polar surface area (TPSA) is 94.8 Å². The summed E-state index contributed by atoms with van der Waals surface area (Å²) in [7, 11) is 1.52. The normalized spacial score (nSPS) is 10.1. The number of carbonyl (C=O) groups excluding carboxylic acids is 2. The van der Waals surface area contributed by atoms with Crippen LogP contribution in [-0.2, 0) is 14.3 Å². The van der Waals surface area contributed by atoms with Gasteiger partial charge in [-0.25, -0.2) is 4.98 Å². The van der Waals surface area contributed by atoms with Crippen molar-refractivity contribution >= 4 is 17.6 Å². The zero-order valence-corrected chi connectivity index (χ0v) is 11.7. The summed E-state index contributed by atoms with van der Waals surface area (Å²) < 4.78 is 9.78. The lowest BCUT2D eigenvalue weighted by molar-refractivity contribution is -0.143. The third-order valence-electron chi connectivity index (χ3n) is 2.48. The summed E-state index contributed by atoms with van der Waals surface area (Å²) in [6.07, 6.45) is 1.39. The van der Waals surface area contributed by atoms with Crippen molar-refractivity contribution < 1.29 is 19.1 Å². The lowest BCUT2D eigenvalue weighted by Gasteiger charge is -2.20. The van der Waals surface area contributed by atoms with Crippen LogP contribution in [0, 0.1) is 0 Å². The second-order valence-electron chi connectivity index (χ2n) is 4.00. The van der Waals surface area contributed by atoms with E-state index in [1.54, 1.807) is 13.0 Å². The maximum atomic E-state index is 12.3. The van der Waals surface area contributed by atoms with Gasteiger partial charge in [0.15, 0.2) is 0 Å². The minimum Gasteiger partial charge on any atom is -0.465 e. The Morgan fingerprint density at radius 2 is 2.15 bits per heavy atom. The molecule has 20 heavy (non-hydrogen) atoms. The SMILES string of the molecule is CCOC(=O)CN(CCOC)C(=O)c1ccc(N)cn1. The molecule has 0 aliphatic heterocycles. The van der Waals surface area contributed by atoms with Gasteiger partial charge in [0.25, 0.3) is 5.91 Å². The number of nitrogens with zero attached hydrogens (tertiary/aromatic N) is 2. The van der Waals surface area contributed by atoms with E-state index in [9.17, 15) is 9.59 Å². The molecule has 1 amide bonds. The largest absolute Gasteiger partial charge is 0.465 e. The molecule has 7 nitrogen and oxygen atoms in total. The highest BCUT2D eigenvalue weighted by atomic mass is 16.5. The molecular formula is C13H19N3O4. The number of esters is 1. The Bertz CT molecular complexity index is 447. The van der Waals surface area contributed by atoms with Crippen LogP contribution < -0.4 is 5.73 Å². The molecule has 0 spiro atoms. The number of nitrogens with two attached hydrogens (primary N) is 1. The Labute approximate surface area is 117 Å². The van der Waals surface area contributed by atoms with Gasteiger partial charge in [-0.1, -0.05) is 0 Å². The van der Waals surface area contributed by atoms with E-state index in [1.165, 1.54) is 24.3 Å². The van der Waals surface area contributed by atoms with E-state index < -0.39 is 5.97 Å². The van der Waals surface area contributed by atoms with Gasteiger partial charge in [0.2, 0.25) is 0 Å². The number of amides is 1. The highest BCUT2D eigenvalue weighted by Gasteiger charge is 2.20. The monoisotopic (exact) mass is 281 g/mol. The summed E-state index contributed by atoms with van der Waals surface area (Å²) in [4.78, 5) is 29.1. The van der Waals surface area contributed by atoms with Gasteiger partial charge in [0.05, 0.1) is 25.1 Å². The van der Waals surface area contributed by atoms with E-state index in [4.69, 9.17) is 15.2 Å². The molecule has 1 rings (SSSR count). The van der Waals surface area contributed by atoms with Gasteiger partial charge in [-0.2, -0.15) is 0 Å². The molecule has 1 aromatic heterocycles. The predicted molar refractivity (Wildman–Crippen MR) is 73.1 cm³/mol. The zero-order valence-electron chi connectivity index (χ0n) is 11.7. The van der Waals surface area contributed by atoms with Crippen LogP contribution in [0.3, 0.4) is 0 Å². The molecule has 0 bridgehead atoms. The van der Waals surface area contributed by atoms with Crippen LogP contribution in [0.2, 0.25) is 0 Å². The number of nitrogen functional groups attached to an aromatic ring is 1. The van der Waals surface area contributed by atoms with Crippen molar-refractivity contribution in [2.75, 3.05) is 39.1 Å². The fourth-order valence-corrected chi connectivity index (χ4v) is 1.51. The number of methoxy groups -OCH3 is 1. The maximum absolute atomic E-state index is 12.3. The molecule has 1 heterocycles. The van der Waals surface area contributed by atoms with Crippen LogP contribution in [0.4, 0.5) is 5.69 Å². The minimum atomic E-state index is -0.465. The van der Waals surface area contributed by atoms with Crippen LogP contribution in [0.1, 0.15) is 17.4 Å². The Hall–Kier alpha value is -2.15. The van der Waals surface area contributed by atoms with Crippen molar-refractivity contribution in [3.8, 4) is 0 Å². The molecule has 0 unspecified atom stereocenters. The molecule has 0 radical (unpaired) electrons. The number of rotatable bonds is 7. The second-order valence-corrected chi connectivity index (χ2v) is 4.00. The second kappa shape index (κ2) is 8.11. The van der Waals surface area contributed by atoms with E-state index in [1.807, 2.05) is 0 Å². The van der Waals surface area contributed by atoms with Crippen molar-refractivity contribution in [1.82, 2.24) is 9.88 Å². The van der Waals surface area contributed by atoms with E-state index in [2.05, 4.69) is 4.98 Å². The summed E-state index contributed by atoms with van der Waals surface area (Å²) in [5.74, 6) is -0.831. The van der Waals surface area contributed by atoms with E-state index in [0.717, 1.165) is 0 Å². The summed E-state index contributed by atoms with van der Waals surface area (Å²) in [5.41, 5.74) is 6.21. The van der Waals surface area contributed by atoms with Gasteiger partial charge in [0, 0.05) is 13.7 Å². The average molecular weight is 281 g/mol. The molecule has 0 saturated heterocycles. The number of hydrogen-bond donors (Lipinski definition) is 1. The minimum absolute atomic E-state index is 0.137. The van der Waals surface area contributed by atoms with Gasteiger partial charge < -0.3 is 20.1 Å². The van der Waals surface area contributed by atoms with Gasteiger partial charge in [-0.3, -0.25) is 9.59 Å². The first-order valence-corrected chi connectivity index (χ1v) is 6.23. The van der Waals surface area contributed by atoms with Gasteiger partial charge >= 0.3 is 5.97 Å². The molecular weight excluding hydrogens is 262 g/mol. The molecule has 0 saturated carbocycles. The smallest absolute Gasteiger partial charge is 0.325 e. The van der Waals surface area contributed by atoms with Crippen LogP contribution in [-0.4, -0.2) is 55.2 Å².